The molecule has 0 bridgehead atoms. The van der Waals surface area contributed by atoms with E-state index in [-0.39, 0.29) is 0 Å². The predicted molar refractivity (Wildman–Crippen MR) is 64.6 cm³/mol. The van der Waals surface area contributed by atoms with Crippen LogP contribution < -0.4 is 10.1 Å². The highest BCUT2D eigenvalue weighted by Crippen LogP contribution is 2.27. The van der Waals surface area contributed by atoms with E-state index in [1.807, 2.05) is 24.3 Å². The van der Waals surface area contributed by atoms with Gasteiger partial charge in [-0.25, -0.2) is 9.97 Å². The van der Waals surface area contributed by atoms with Crippen LogP contribution >= 0.6 is 0 Å². The van der Waals surface area contributed by atoms with Gasteiger partial charge in [-0.05, 0) is 12.1 Å². The molecule has 86 valence electrons. The first-order chi connectivity index (χ1) is 8.38. The third-order valence-electron chi connectivity index (χ3n) is 2.97. The van der Waals surface area contributed by atoms with Crippen molar-refractivity contribution in [2.24, 2.45) is 0 Å². The number of rotatable bonds is 2. The summed E-state index contributed by atoms with van der Waals surface area (Å²) in [6, 6.07) is 7.96. The first-order valence-electron chi connectivity index (χ1n) is 5.56. The summed E-state index contributed by atoms with van der Waals surface area (Å²) in [7, 11) is 1.67. The van der Waals surface area contributed by atoms with E-state index in [9.17, 15) is 0 Å². The Morgan fingerprint density at radius 2 is 2.18 bits per heavy atom. The highest BCUT2D eigenvalue weighted by Gasteiger charge is 2.17. The Hall–Kier alpha value is -1.94. The van der Waals surface area contributed by atoms with Crippen molar-refractivity contribution in [2.45, 2.75) is 13.1 Å². The number of hydrogen-bond donors (Lipinski definition) is 1. The summed E-state index contributed by atoms with van der Waals surface area (Å²) < 4.78 is 5.24. The molecule has 0 fully saturated rings. The Morgan fingerprint density at radius 1 is 1.24 bits per heavy atom. The third kappa shape index (κ3) is 1.76. The zero-order chi connectivity index (χ0) is 11.7. The van der Waals surface area contributed by atoms with E-state index in [0.29, 0.717) is 0 Å². The van der Waals surface area contributed by atoms with E-state index in [1.54, 1.807) is 13.4 Å². The van der Waals surface area contributed by atoms with Gasteiger partial charge in [0.1, 0.15) is 12.1 Å². The maximum absolute atomic E-state index is 5.24. The van der Waals surface area contributed by atoms with Gasteiger partial charge in [0.2, 0.25) is 0 Å². The summed E-state index contributed by atoms with van der Waals surface area (Å²) >= 11 is 0. The van der Waals surface area contributed by atoms with Crippen LogP contribution in [0.5, 0.6) is 5.75 Å². The lowest BCUT2D eigenvalue weighted by Gasteiger charge is -2.07. The molecular weight excluding hydrogens is 214 g/mol. The van der Waals surface area contributed by atoms with Gasteiger partial charge in [-0.15, -0.1) is 0 Å². The van der Waals surface area contributed by atoms with Crippen LogP contribution in [0.4, 0.5) is 0 Å². The first kappa shape index (κ1) is 10.2. The van der Waals surface area contributed by atoms with E-state index in [1.165, 1.54) is 5.56 Å². The first-order valence-corrected chi connectivity index (χ1v) is 5.56. The minimum Gasteiger partial charge on any atom is -0.497 e. The zero-order valence-corrected chi connectivity index (χ0v) is 9.60. The highest BCUT2D eigenvalue weighted by molar-refractivity contribution is 5.65. The average Bonchev–Trinajstić information content (AvgIpc) is 2.87. The molecule has 0 saturated carbocycles. The summed E-state index contributed by atoms with van der Waals surface area (Å²) in [5, 5.41) is 3.29. The zero-order valence-electron chi connectivity index (χ0n) is 9.60. The molecule has 1 aliphatic heterocycles. The largest absolute Gasteiger partial charge is 0.497 e. The van der Waals surface area contributed by atoms with Gasteiger partial charge >= 0.3 is 0 Å². The standard InChI is InChI=1S/C13H13N3O/c1-17-10-4-2-3-9(5-10)13-11-6-14-7-12(11)15-8-16-13/h2-5,8,14H,6-7H2,1H3. The number of nitrogens with zero attached hydrogens (tertiary/aromatic N) is 2. The second-order valence-electron chi connectivity index (χ2n) is 3.98. The van der Waals surface area contributed by atoms with Gasteiger partial charge < -0.3 is 10.1 Å². The van der Waals surface area contributed by atoms with Crippen LogP contribution in [0.2, 0.25) is 0 Å². The summed E-state index contributed by atoms with van der Waals surface area (Å²) in [5.41, 5.74) is 4.36. The number of nitrogens with one attached hydrogen (secondary N) is 1. The lowest BCUT2D eigenvalue weighted by molar-refractivity contribution is 0.415. The lowest BCUT2D eigenvalue weighted by Crippen LogP contribution is -2.00. The smallest absolute Gasteiger partial charge is 0.119 e. The summed E-state index contributed by atoms with van der Waals surface area (Å²) in [6.45, 7) is 1.66. The van der Waals surface area contributed by atoms with Gasteiger partial charge in [0.25, 0.3) is 0 Å². The number of hydrogen-bond acceptors (Lipinski definition) is 4. The van der Waals surface area contributed by atoms with E-state index >= 15 is 0 Å². The Kier molecular flexibility index (Phi) is 2.49. The molecule has 0 unspecified atom stereocenters. The molecule has 0 aliphatic carbocycles. The monoisotopic (exact) mass is 227 g/mol. The third-order valence-corrected chi connectivity index (χ3v) is 2.97. The fourth-order valence-electron chi connectivity index (χ4n) is 2.11. The molecule has 0 atom stereocenters. The number of fused-ring (bicyclic) bond motifs is 1. The molecule has 0 amide bonds. The lowest BCUT2D eigenvalue weighted by atomic mass is 10.1. The van der Waals surface area contributed by atoms with Crippen molar-refractivity contribution in [2.75, 3.05) is 7.11 Å². The van der Waals surface area contributed by atoms with Crippen molar-refractivity contribution in [3.05, 3.63) is 41.9 Å². The van der Waals surface area contributed by atoms with Crippen molar-refractivity contribution in [3.8, 4) is 17.0 Å². The molecule has 1 aliphatic rings. The molecule has 4 heteroatoms. The predicted octanol–water partition coefficient (Wildman–Crippen LogP) is 1.76. The molecule has 4 nitrogen and oxygen atoms in total. The van der Waals surface area contributed by atoms with Crippen molar-refractivity contribution in [3.63, 3.8) is 0 Å². The van der Waals surface area contributed by atoms with Crippen molar-refractivity contribution >= 4 is 0 Å². The van der Waals surface area contributed by atoms with Crippen LogP contribution in [-0.4, -0.2) is 17.1 Å². The minimum atomic E-state index is 0.828. The Bertz CT molecular complexity index is 554. The molecule has 2 aromatic rings. The van der Waals surface area contributed by atoms with Gasteiger partial charge in [0.15, 0.2) is 0 Å². The molecule has 0 radical (unpaired) electrons. The maximum atomic E-state index is 5.24. The minimum absolute atomic E-state index is 0.828. The van der Waals surface area contributed by atoms with Gasteiger partial charge in [-0.2, -0.15) is 0 Å². The molecular formula is C13H13N3O. The van der Waals surface area contributed by atoms with Crippen molar-refractivity contribution < 1.29 is 4.74 Å². The van der Waals surface area contributed by atoms with E-state index in [2.05, 4.69) is 15.3 Å². The van der Waals surface area contributed by atoms with Crippen LogP contribution in [0.25, 0.3) is 11.3 Å². The van der Waals surface area contributed by atoms with E-state index in [4.69, 9.17) is 4.74 Å². The van der Waals surface area contributed by atoms with Crippen LogP contribution in [0.3, 0.4) is 0 Å². The second-order valence-corrected chi connectivity index (χ2v) is 3.98. The molecule has 1 aromatic carbocycles. The average molecular weight is 227 g/mol. The van der Waals surface area contributed by atoms with Crippen molar-refractivity contribution in [1.29, 1.82) is 0 Å². The van der Waals surface area contributed by atoms with Crippen LogP contribution in [0, 0.1) is 0 Å². The molecule has 2 heterocycles. The van der Waals surface area contributed by atoms with Gasteiger partial charge in [0.05, 0.1) is 18.5 Å². The molecule has 17 heavy (non-hydrogen) atoms. The summed E-state index contributed by atoms with van der Waals surface area (Å²) in [5.74, 6) is 0.848. The number of benzene rings is 1. The Morgan fingerprint density at radius 3 is 3.06 bits per heavy atom. The van der Waals surface area contributed by atoms with E-state index < -0.39 is 0 Å². The molecule has 3 rings (SSSR count). The van der Waals surface area contributed by atoms with Gasteiger partial charge in [0, 0.05) is 24.2 Å². The second kappa shape index (κ2) is 4.14. The van der Waals surface area contributed by atoms with Crippen LogP contribution in [0.15, 0.2) is 30.6 Å². The number of aromatic nitrogens is 2. The van der Waals surface area contributed by atoms with Gasteiger partial charge in [-0.3, -0.25) is 0 Å². The molecule has 0 spiro atoms. The van der Waals surface area contributed by atoms with Crippen LogP contribution in [0.1, 0.15) is 11.3 Å². The highest BCUT2D eigenvalue weighted by atomic mass is 16.5. The van der Waals surface area contributed by atoms with Crippen molar-refractivity contribution in [1.82, 2.24) is 15.3 Å². The number of methoxy groups -OCH3 is 1. The topological polar surface area (TPSA) is 47.0 Å². The van der Waals surface area contributed by atoms with Crippen LogP contribution in [-0.2, 0) is 13.1 Å². The summed E-state index contributed by atoms with van der Waals surface area (Å²) in [4.78, 5) is 8.67. The quantitative estimate of drug-likeness (QED) is 0.849. The maximum Gasteiger partial charge on any atom is 0.119 e. The SMILES string of the molecule is COc1cccc(-c2ncnc3c2CNC3)c1. The van der Waals surface area contributed by atoms with E-state index in [0.717, 1.165) is 35.8 Å². The summed E-state index contributed by atoms with van der Waals surface area (Å²) in [6.07, 6.45) is 1.63. The fourth-order valence-corrected chi connectivity index (χ4v) is 2.11. The normalized spacial score (nSPS) is 13.5. The number of ether oxygens (including phenoxy) is 1. The molecule has 1 aromatic heterocycles. The van der Waals surface area contributed by atoms with Gasteiger partial charge in [-0.1, -0.05) is 12.1 Å². The Labute approximate surface area is 99.7 Å². The fraction of sp³-hybridized carbons (Fsp3) is 0.231. The molecule has 0 saturated heterocycles. The molecule has 1 N–H and O–H groups in total. The Balaban J connectivity index is 2.12.